The van der Waals surface area contributed by atoms with Crippen LogP contribution in [0, 0.1) is 0 Å². The van der Waals surface area contributed by atoms with Crippen LogP contribution in [0.15, 0.2) is 18.2 Å². The first-order valence-corrected chi connectivity index (χ1v) is 6.85. The molecule has 2 aliphatic heterocycles. The molecule has 2 heterocycles. The molecule has 2 aliphatic rings. The Labute approximate surface area is 117 Å². The van der Waals surface area contributed by atoms with Gasteiger partial charge < -0.3 is 14.4 Å². The Morgan fingerprint density at radius 3 is 3.00 bits per heavy atom. The van der Waals surface area contributed by atoms with E-state index in [1.54, 1.807) is 30.2 Å². The third-order valence-electron chi connectivity index (χ3n) is 3.83. The van der Waals surface area contributed by atoms with Gasteiger partial charge >= 0.3 is 0 Å². The molecule has 0 N–H and O–H groups in total. The molecule has 20 heavy (non-hydrogen) atoms. The molecule has 1 saturated heterocycles. The van der Waals surface area contributed by atoms with Crippen LogP contribution in [-0.4, -0.2) is 38.1 Å². The molecule has 0 aliphatic carbocycles. The summed E-state index contributed by atoms with van der Waals surface area (Å²) in [4.78, 5) is 26.2. The highest BCUT2D eigenvalue weighted by Gasteiger charge is 2.33. The molecule has 1 amide bonds. The average molecular weight is 275 g/mol. The molecule has 0 bridgehead atoms. The number of methoxy groups -OCH3 is 1. The molecule has 0 aromatic heterocycles. The summed E-state index contributed by atoms with van der Waals surface area (Å²) in [7, 11) is 1.56. The summed E-state index contributed by atoms with van der Waals surface area (Å²) < 4.78 is 10.6. The van der Waals surface area contributed by atoms with Crippen molar-refractivity contribution in [3.63, 3.8) is 0 Å². The van der Waals surface area contributed by atoms with Gasteiger partial charge in [0.05, 0.1) is 12.8 Å². The summed E-state index contributed by atoms with van der Waals surface area (Å²) in [6.07, 6.45) is 1.66. The van der Waals surface area contributed by atoms with Crippen molar-refractivity contribution in [3.8, 4) is 5.75 Å². The lowest BCUT2D eigenvalue weighted by Crippen LogP contribution is -2.43. The molecule has 0 spiro atoms. The van der Waals surface area contributed by atoms with E-state index in [0.717, 1.165) is 12.8 Å². The molecule has 1 aromatic rings. The van der Waals surface area contributed by atoms with Crippen molar-refractivity contribution in [1.82, 2.24) is 0 Å². The Balaban J connectivity index is 1.93. The van der Waals surface area contributed by atoms with Gasteiger partial charge in [-0.15, -0.1) is 0 Å². The lowest BCUT2D eigenvalue weighted by molar-refractivity contribution is -0.127. The van der Waals surface area contributed by atoms with Crippen molar-refractivity contribution in [2.24, 2.45) is 0 Å². The van der Waals surface area contributed by atoms with Crippen molar-refractivity contribution in [2.45, 2.75) is 25.4 Å². The van der Waals surface area contributed by atoms with Gasteiger partial charge in [-0.25, -0.2) is 0 Å². The smallest absolute Gasteiger partial charge is 0.256 e. The Hall–Kier alpha value is -1.88. The second-order valence-electron chi connectivity index (χ2n) is 5.05. The molecule has 1 aromatic carbocycles. The van der Waals surface area contributed by atoms with Crippen LogP contribution in [0.1, 0.15) is 29.6 Å². The largest absolute Gasteiger partial charge is 0.497 e. The fraction of sp³-hybridized carbons (Fsp3) is 0.467. The van der Waals surface area contributed by atoms with Crippen LogP contribution in [0.4, 0.5) is 5.69 Å². The minimum atomic E-state index is -0.363. The number of hydrogen-bond donors (Lipinski definition) is 0. The van der Waals surface area contributed by atoms with Crippen LogP contribution in [0.5, 0.6) is 5.75 Å². The van der Waals surface area contributed by atoms with E-state index in [0.29, 0.717) is 36.6 Å². The predicted octanol–water partition coefficient (Wildman–Crippen LogP) is 1.79. The first-order chi connectivity index (χ1) is 9.70. The van der Waals surface area contributed by atoms with Crippen LogP contribution in [-0.2, 0) is 9.53 Å². The minimum Gasteiger partial charge on any atom is -0.497 e. The maximum atomic E-state index is 12.5. The van der Waals surface area contributed by atoms with E-state index in [1.807, 2.05) is 0 Å². The molecular weight excluding hydrogens is 258 g/mol. The number of hydrogen-bond acceptors (Lipinski definition) is 4. The van der Waals surface area contributed by atoms with Gasteiger partial charge in [-0.3, -0.25) is 9.59 Å². The number of carbonyl (C=O) groups is 2. The maximum Gasteiger partial charge on any atom is 0.256 e. The molecule has 5 nitrogen and oxygen atoms in total. The highest BCUT2D eigenvalue weighted by atomic mass is 16.5. The van der Waals surface area contributed by atoms with E-state index in [9.17, 15) is 9.59 Å². The van der Waals surface area contributed by atoms with Crippen molar-refractivity contribution < 1.29 is 19.1 Å². The van der Waals surface area contributed by atoms with E-state index in [4.69, 9.17) is 9.47 Å². The average Bonchev–Trinajstić information content (AvgIpc) is 3.01. The van der Waals surface area contributed by atoms with Crippen molar-refractivity contribution in [3.05, 3.63) is 23.8 Å². The number of rotatable bonds is 2. The maximum absolute atomic E-state index is 12.5. The van der Waals surface area contributed by atoms with Gasteiger partial charge in [0.25, 0.3) is 5.91 Å². The summed E-state index contributed by atoms with van der Waals surface area (Å²) >= 11 is 0. The number of Topliss-reactive ketones (excluding diaryl/α,β-unsaturated/α-hetero) is 1. The molecule has 0 radical (unpaired) electrons. The molecule has 3 rings (SSSR count). The summed E-state index contributed by atoms with van der Waals surface area (Å²) in [6, 6.07) is 5.25. The van der Waals surface area contributed by atoms with E-state index < -0.39 is 0 Å². The second kappa shape index (κ2) is 5.25. The fourth-order valence-electron chi connectivity index (χ4n) is 2.74. The number of carbonyl (C=O) groups excluding carboxylic acids is 2. The first kappa shape index (κ1) is 13.1. The Morgan fingerprint density at radius 2 is 2.30 bits per heavy atom. The monoisotopic (exact) mass is 275 g/mol. The van der Waals surface area contributed by atoms with Crippen molar-refractivity contribution in [2.75, 3.05) is 25.2 Å². The van der Waals surface area contributed by atoms with E-state index >= 15 is 0 Å². The SMILES string of the molecule is COc1ccc2c(c1)C(=O)CCN2C(=O)C1CCCO1. The predicted molar refractivity (Wildman–Crippen MR) is 73.3 cm³/mol. The summed E-state index contributed by atoms with van der Waals surface area (Å²) in [6.45, 7) is 1.06. The molecule has 106 valence electrons. The van der Waals surface area contributed by atoms with Crippen LogP contribution in [0.2, 0.25) is 0 Å². The lowest BCUT2D eigenvalue weighted by Gasteiger charge is -2.30. The van der Waals surface area contributed by atoms with Gasteiger partial charge in [-0.1, -0.05) is 0 Å². The zero-order valence-corrected chi connectivity index (χ0v) is 11.4. The molecule has 1 atom stereocenters. The van der Waals surface area contributed by atoms with Crippen LogP contribution < -0.4 is 9.64 Å². The normalized spacial score (nSPS) is 21.8. The summed E-state index contributed by atoms with van der Waals surface area (Å²) in [5, 5.41) is 0. The number of nitrogens with zero attached hydrogens (tertiary/aromatic N) is 1. The Morgan fingerprint density at radius 1 is 1.45 bits per heavy atom. The Kier molecular flexibility index (Phi) is 3.44. The number of anilines is 1. The van der Waals surface area contributed by atoms with E-state index in [2.05, 4.69) is 0 Å². The minimum absolute atomic E-state index is 0.0404. The van der Waals surface area contributed by atoms with Gasteiger partial charge in [0.15, 0.2) is 5.78 Å². The lowest BCUT2D eigenvalue weighted by atomic mass is 9.99. The van der Waals surface area contributed by atoms with Gasteiger partial charge in [-0.2, -0.15) is 0 Å². The van der Waals surface area contributed by atoms with Gasteiger partial charge in [0, 0.05) is 25.1 Å². The van der Waals surface area contributed by atoms with Crippen LogP contribution >= 0.6 is 0 Å². The topological polar surface area (TPSA) is 55.8 Å². The highest BCUT2D eigenvalue weighted by Crippen LogP contribution is 2.32. The fourth-order valence-corrected chi connectivity index (χ4v) is 2.74. The highest BCUT2D eigenvalue weighted by molar-refractivity contribution is 6.09. The molecule has 0 saturated carbocycles. The zero-order chi connectivity index (χ0) is 14.1. The number of amides is 1. The molecular formula is C15H17NO4. The van der Waals surface area contributed by atoms with E-state index in [-0.39, 0.29) is 17.8 Å². The van der Waals surface area contributed by atoms with E-state index in [1.165, 1.54) is 0 Å². The second-order valence-corrected chi connectivity index (χ2v) is 5.05. The zero-order valence-electron chi connectivity index (χ0n) is 11.4. The summed E-state index contributed by atoms with van der Waals surface area (Å²) in [5.41, 5.74) is 1.23. The van der Waals surface area contributed by atoms with Crippen LogP contribution in [0.25, 0.3) is 0 Å². The molecule has 5 heteroatoms. The third-order valence-corrected chi connectivity index (χ3v) is 3.83. The van der Waals surface area contributed by atoms with Gasteiger partial charge in [0.1, 0.15) is 11.9 Å². The number of ketones is 1. The van der Waals surface area contributed by atoms with Gasteiger partial charge in [-0.05, 0) is 31.0 Å². The quantitative estimate of drug-likeness (QED) is 0.825. The number of ether oxygens (including phenoxy) is 2. The number of fused-ring (bicyclic) bond motifs is 1. The third kappa shape index (κ3) is 2.18. The van der Waals surface area contributed by atoms with Crippen molar-refractivity contribution >= 4 is 17.4 Å². The number of benzene rings is 1. The first-order valence-electron chi connectivity index (χ1n) is 6.85. The Bertz CT molecular complexity index is 549. The van der Waals surface area contributed by atoms with Gasteiger partial charge in [0.2, 0.25) is 0 Å². The standard InChI is InChI=1S/C15H17NO4/c1-19-10-4-5-12-11(9-10)13(17)6-7-16(12)15(18)14-3-2-8-20-14/h4-5,9,14H,2-3,6-8H2,1H3. The van der Waals surface area contributed by atoms with Crippen LogP contribution in [0.3, 0.4) is 0 Å². The molecule has 1 unspecified atom stereocenters. The molecule has 1 fully saturated rings. The summed E-state index contributed by atoms with van der Waals surface area (Å²) in [5.74, 6) is 0.639. The van der Waals surface area contributed by atoms with Crippen molar-refractivity contribution in [1.29, 1.82) is 0 Å².